The van der Waals surface area contributed by atoms with Gasteiger partial charge in [0.1, 0.15) is 5.75 Å². The fourth-order valence-electron chi connectivity index (χ4n) is 1.16. The van der Waals surface area contributed by atoms with Crippen LogP contribution in [-0.4, -0.2) is 18.8 Å². The molecule has 2 nitrogen and oxygen atoms in total. The SMILES string of the molecule is NCCC(Oc1cc(Cl)ccc1Cl)C(F)(F)F. The van der Waals surface area contributed by atoms with E-state index in [0.29, 0.717) is 0 Å². The molecular weight excluding hydrogens is 278 g/mol. The Morgan fingerprint density at radius 1 is 1.29 bits per heavy atom. The molecule has 0 bridgehead atoms. The first kappa shape index (κ1) is 14.4. The highest BCUT2D eigenvalue weighted by Crippen LogP contribution is 2.33. The first-order chi connectivity index (χ1) is 7.84. The van der Waals surface area contributed by atoms with Gasteiger partial charge in [-0.05, 0) is 18.7 Å². The molecule has 1 aromatic rings. The van der Waals surface area contributed by atoms with Crippen LogP contribution in [0.2, 0.25) is 10.0 Å². The molecule has 0 spiro atoms. The third kappa shape index (κ3) is 4.26. The van der Waals surface area contributed by atoms with E-state index >= 15 is 0 Å². The summed E-state index contributed by atoms with van der Waals surface area (Å²) < 4.78 is 42.5. The minimum atomic E-state index is -4.50. The molecule has 96 valence electrons. The molecule has 7 heteroatoms. The van der Waals surface area contributed by atoms with Crippen LogP contribution in [0.15, 0.2) is 18.2 Å². The summed E-state index contributed by atoms with van der Waals surface area (Å²) in [5.74, 6) is -0.102. The fraction of sp³-hybridized carbons (Fsp3) is 0.400. The number of hydrogen-bond donors (Lipinski definition) is 1. The van der Waals surface area contributed by atoms with Gasteiger partial charge >= 0.3 is 6.18 Å². The molecule has 0 aliphatic carbocycles. The summed E-state index contributed by atoms with van der Waals surface area (Å²) in [4.78, 5) is 0. The summed E-state index contributed by atoms with van der Waals surface area (Å²) in [5, 5.41) is 0.318. The summed E-state index contributed by atoms with van der Waals surface area (Å²) in [6.07, 6.45) is -6.82. The minimum absolute atomic E-state index is 0.0701. The Morgan fingerprint density at radius 3 is 2.47 bits per heavy atom. The third-order valence-electron chi connectivity index (χ3n) is 1.96. The van der Waals surface area contributed by atoms with Gasteiger partial charge in [0.25, 0.3) is 0 Å². The Kier molecular flexibility index (Phi) is 4.91. The molecule has 0 aliphatic heterocycles. The third-order valence-corrected chi connectivity index (χ3v) is 2.50. The smallest absolute Gasteiger partial charge is 0.425 e. The number of halogens is 5. The molecule has 1 aromatic carbocycles. The Bertz CT molecular complexity index is 384. The minimum Gasteiger partial charge on any atom is -0.479 e. The number of benzene rings is 1. The van der Waals surface area contributed by atoms with Gasteiger partial charge in [0.15, 0.2) is 6.10 Å². The molecule has 0 aromatic heterocycles. The van der Waals surface area contributed by atoms with Crippen molar-refractivity contribution >= 4 is 23.2 Å². The summed E-state index contributed by atoms with van der Waals surface area (Å²) in [7, 11) is 0. The van der Waals surface area contributed by atoms with Gasteiger partial charge in [-0.15, -0.1) is 0 Å². The zero-order chi connectivity index (χ0) is 13.1. The lowest BCUT2D eigenvalue weighted by Crippen LogP contribution is -2.36. The van der Waals surface area contributed by atoms with Gasteiger partial charge in [-0.1, -0.05) is 23.2 Å². The summed E-state index contributed by atoms with van der Waals surface area (Å²) in [6, 6.07) is 4.07. The van der Waals surface area contributed by atoms with Gasteiger partial charge in [0, 0.05) is 17.5 Å². The van der Waals surface area contributed by atoms with E-state index < -0.39 is 12.3 Å². The van der Waals surface area contributed by atoms with Gasteiger partial charge in [-0.2, -0.15) is 13.2 Å². The maximum atomic E-state index is 12.6. The first-order valence-corrected chi connectivity index (χ1v) is 5.48. The average Bonchev–Trinajstić information content (AvgIpc) is 2.21. The molecule has 1 atom stereocenters. The number of alkyl halides is 3. The molecule has 0 aliphatic rings. The maximum Gasteiger partial charge on any atom is 0.425 e. The lowest BCUT2D eigenvalue weighted by atomic mass is 10.2. The van der Waals surface area contributed by atoms with E-state index in [0.717, 1.165) is 0 Å². The van der Waals surface area contributed by atoms with E-state index in [1.807, 2.05) is 0 Å². The van der Waals surface area contributed by atoms with Crippen molar-refractivity contribution in [2.24, 2.45) is 5.73 Å². The predicted molar refractivity (Wildman–Crippen MR) is 60.6 cm³/mol. The van der Waals surface area contributed by atoms with Crippen LogP contribution in [0.5, 0.6) is 5.75 Å². The molecule has 0 radical (unpaired) electrons. The van der Waals surface area contributed by atoms with Gasteiger partial charge in [0.2, 0.25) is 0 Å². The number of hydrogen-bond acceptors (Lipinski definition) is 2. The summed E-state index contributed by atoms with van der Waals surface area (Å²) >= 11 is 11.4. The first-order valence-electron chi connectivity index (χ1n) is 4.73. The van der Waals surface area contributed by atoms with Crippen LogP contribution in [0.4, 0.5) is 13.2 Å². The molecule has 17 heavy (non-hydrogen) atoms. The summed E-state index contributed by atoms with van der Waals surface area (Å²) in [6.45, 7) is -0.137. The maximum absolute atomic E-state index is 12.6. The largest absolute Gasteiger partial charge is 0.479 e. The normalized spacial score (nSPS) is 13.5. The van der Waals surface area contributed by atoms with Crippen LogP contribution in [0.3, 0.4) is 0 Å². The van der Waals surface area contributed by atoms with Crippen molar-refractivity contribution < 1.29 is 17.9 Å². The molecule has 1 rings (SSSR count). The number of rotatable bonds is 4. The zero-order valence-corrected chi connectivity index (χ0v) is 10.1. The van der Waals surface area contributed by atoms with Crippen LogP contribution in [0.1, 0.15) is 6.42 Å². The molecule has 0 saturated heterocycles. The van der Waals surface area contributed by atoms with Gasteiger partial charge in [-0.3, -0.25) is 0 Å². The second-order valence-corrected chi connectivity index (χ2v) is 4.14. The van der Waals surface area contributed by atoms with Gasteiger partial charge in [0.05, 0.1) is 5.02 Å². The number of nitrogens with two attached hydrogens (primary N) is 1. The van der Waals surface area contributed by atoms with E-state index in [4.69, 9.17) is 33.7 Å². The van der Waals surface area contributed by atoms with Crippen LogP contribution < -0.4 is 10.5 Å². The van der Waals surface area contributed by atoms with Crippen molar-refractivity contribution in [3.8, 4) is 5.75 Å². The molecule has 2 N–H and O–H groups in total. The van der Waals surface area contributed by atoms with E-state index in [-0.39, 0.29) is 28.8 Å². The highest BCUT2D eigenvalue weighted by atomic mass is 35.5. The Hall–Kier alpha value is -0.650. The Balaban J connectivity index is 2.89. The Labute approximate surface area is 106 Å². The highest BCUT2D eigenvalue weighted by molar-refractivity contribution is 6.34. The molecule has 0 heterocycles. The lowest BCUT2D eigenvalue weighted by Gasteiger charge is -2.21. The van der Waals surface area contributed by atoms with E-state index in [1.165, 1.54) is 18.2 Å². The monoisotopic (exact) mass is 287 g/mol. The van der Waals surface area contributed by atoms with Gasteiger partial charge < -0.3 is 10.5 Å². The van der Waals surface area contributed by atoms with Crippen molar-refractivity contribution in [3.05, 3.63) is 28.2 Å². The summed E-state index contributed by atoms with van der Waals surface area (Å²) in [5.41, 5.74) is 5.11. The molecule has 0 saturated carbocycles. The lowest BCUT2D eigenvalue weighted by molar-refractivity contribution is -0.196. The van der Waals surface area contributed by atoms with E-state index in [1.54, 1.807) is 0 Å². The zero-order valence-electron chi connectivity index (χ0n) is 8.60. The van der Waals surface area contributed by atoms with Crippen LogP contribution in [-0.2, 0) is 0 Å². The average molecular weight is 288 g/mol. The molecule has 0 fully saturated rings. The second-order valence-electron chi connectivity index (χ2n) is 3.30. The van der Waals surface area contributed by atoms with Crippen molar-refractivity contribution in [2.45, 2.75) is 18.7 Å². The molecular formula is C10H10Cl2F3NO. The van der Waals surface area contributed by atoms with Crippen LogP contribution >= 0.6 is 23.2 Å². The van der Waals surface area contributed by atoms with Crippen LogP contribution in [0.25, 0.3) is 0 Å². The molecule has 1 unspecified atom stereocenters. The predicted octanol–water partition coefficient (Wildman–Crippen LogP) is 3.65. The van der Waals surface area contributed by atoms with E-state index in [9.17, 15) is 13.2 Å². The molecule has 0 amide bonds. The van der Waals surface area contributed by atoms with E-state index in [2.05, 4.69) is 0 Å². The topological polar surface area (TPSA) is 35.2 Å². The van der Waals surface area contributed by atoms with Crippen molar-refractivity contribution in [2.75, 3.05) is 6.54 Å². The Morgan fingerprint density at radius 2 is 1.94 bits per heavy atom. The van der Waals surface area contributed by atoms with Crippen molar-refractivity contribution in [1.82, 2.24) is 0 Å². The van der Waals surface area contributed by atoms with Crippen molar-refractivity contribution in [1.29, 1.82) is 0 Å². The second kappa shape index (κ2) is 5.80. The quantitative estimate of drug-likeness (QED) is 0.917. The van der Waals surface area contributed by atoms with Gasteiger partial charge in [-0.25, -0.2) is 0 Å². The van der Waals surface area contributed by atoms with Crippen LogP contribution in [0, 0.1) is 0 Å². The van der Waals surface area contributed by atoms with Crippen molar-refractivity contribution in [3.63, 3.8) is 0 Å². The number of ether oxygens (including phenoxy) is 1. The highest BCUT2D eigenvalue weighted by Gasteiger charge is 2.41. The standard InChI is InChI=1S/C10H10Cl2F3NO/c11-6-1-2-7(12)8(5-6)17-9(3-4-16)10(13,14)15/h1-2,5,9H,3-4,16H2. The fourth-order valence-corrected chi connectivity index (χ4v) is 1.49.